The lowest BCUT2D eigenvalue weighted by atomic mass is 10.0. The number of carbonyl (C=O) groups excluding carboxylic acids is 1. The highest BCUT2D eigenvalue weighted by molar-refractivity contribution is 5.78. The summed E-state index contributed by atoms with van der Waals surface area (Å²) < 4.78 is 5.77. The smallest absolute Gasteiger partial charge is 0.261 e. The third-order valence-corrected chi connectivity index (χ3v) is 4.52. The molecule has 25 heavy (non-hydrogen) atoms. The van der Waals surface area contributed by atoms with E-state index < -0.39 is 0 Å². The van der Waals surface area contributed by atoms with E-state index in [4.69, 9.17) is 4.74 Å². The van der Waals surface area contributed by atoms with Crippen LogP contribution in [-0.4, -0.2) is 42.0 Å². The van der Waals surface area contributed by atoms with Crippen LogP contribution in [0.25, 0.3) is 0 Å². The minimum atomic E-state index is 0.000508. The van der Waals surface area contributed by atoms with Gasteiger partial charge in [0.15, 0.2) is 6.61 Å². The highest BCUT2D eigenvalue weighted by Gasteiger charge is 2.28. The minimum Gasteiger partial charge on any atom is -0.484 e. The zero-order valence-electron chi connectivity index (χ0n) is 14.8. The van der Waals surface area contributed by atoms with Crippen molar-refractivity contribution in [2.24, 2.45) is 0 Å². The number of hydrogen-bond donors (Lipinski definition) is 1. The molecular formula is C20H25N3O2. The van der Waals surface area contributed by atoms with E-state index in [1.165, 1.54) is 5.56 Å². The molecule has 1 unspecified atom stereocenters. The molecule has 1 fully saturated rings. The Balaban J connectivity index is 1.66. The summed E-state index contributed by atoms with van der Waals surface area (Å²) in [5.41, 5.74) is 2.25. The predicted molar refractivity (Wildman–Crippen MR) is 97.6 cm³/mol. The van der Waals surface area contributed by atoms with Crippen molar-refractivity contribution in [3.05, 3.63) is 59.9 Å². The van der Waals surface area contributed by atoms with Crippen LogP contribution >= 0.6 is 0 Å². The first-order valence-corrected chi connectivity index (χ1v) is 8.78. The number of carbonyl (C=O) groups is 1. The summed E-state index contributed by atoms with van der Waals surface area (Å²) in [6.45, 7) is 6.55. The zero-order chi connectivity index (χ0) is 17.6. The number of nitrogens with one attached hydrogen (secondary N) is 1. The van der Waals surface area contributed by atoms with Crippen LogP contribution in [-0.2, 0) is 4.79 Å². The SMILES string of the molecule is CC(C)c1cccc(OCC(=O)N2CCNCC2c2cccnc2)c1. The summed E-state index contributed by atoms with van der Waals surface area (Å²) >= 11 is 0. The van der Waals surface area contributed by atoms with E-state index >= 15 is 0 Å². The van der Waals surface area contributed by atoms with Gasteiger partial charge in [0, 0.05) is 32.0 Å². The molecule has 0 bridgehead atoms. The van der Waals surface area contributed by atoms with E-state index in [1.807, 2.05) is 41.4 Å². The largest absolute Gasteiger partial charge is 0.484 e. The van der Waals surface area contributed by atoms with Crippen molar-refractivity contribution in [1.82, 2.24) is 15.2 Å². The van der Waals surface area contributed by atoms with Gasteiger partial charge in [-0.25, -0.2) is 0 Å². The molecule has 1 aromatic carbocycles. The molecule has 1 saturated heterocycles. The van der Waals surface area contributed by atoms with Crippen LogP contribution in [0, 0.1) is 0 Å². The van der Waals surface area contributed by atoms with E-state index in [2.05, 4.69) is 30.2 Å². The Kier molecular flexibility index (Phi) is 5.66. The topological polar surface area (TPSA) is 54.5 Å². The van der Waals surface area contributed by atoms with Gasteiger partial charge in [0.05, 0.1) is 6.04 Å². The number of aromatic nitrogens is 1. The van der Waals surface area contributed by atoms with Crippen LogP contribution in [0.2, 0.25) is 0 Å². The van der Waals surface area contributed by atoms with Crippen LogP contribution in [0.1, 0.15) is 36.9 Å². The molecule has 1 aliphatic rings. The van der Waals surface area contributed by atoms with Crippen molar-refractivity contribution in [2.45, 2.75) is 25.8 Å². The van der Waals surface area contributed by atoms with E-state index in [-0.39, 0.29) is 18.6 Å². The molecule has 5 heteroatoms. The number of rotatable bonds is 5. The van der Waals surface area contributed by atoms with Crippen LogP contribution in [0.4, 0.5) is 0 Å². The highest BCUT2D eigenvalue weighted by atomic mass is 16.5. The molecule has 0 radical (unpaired) electrons. The molecular weight excluding hydrogens is 314 g/mol. The molecule has 1 aromatic heterocycles. The summed E-state index contributed by atoms with van der Waals surface area (Å²) in [5, 5.41) is 3.35. The standard InChI is InChI=1S/C20H25N3O2/c1-15(2)16-5-3-7-18(11-16)25-14-20(24)23-10-9-22-13-19(23)17-6-4-8-21-12-17/h3-8,11-12,15,19,22H,9-10,13-14H2,1-2H3. The first-order chi connectivity index (χ1) is 12.1. The van der Waals surface area contributed by atoms with Gasteiger partial charge in [-0.15, -0.1) is 0 Å². The van der Waals surface area contributed by atoms with Crippen LogP contribution < -0.4 is 10.1 Å². The quantitative estimate of drug-likeness (QED) is 0.910. The average molecular weight is 339 g/mol. The summed E-state index contributed by atoms with van der Waals surface area (Å²) in [7, 11) is 0. The van der Waals surface area contributed by atoms with Crippen molar-refractivity contribution >= 4 is 5.91 Å². The highest BCUT2D eigenvalue weighted by Crippen LogP contribution is 2.23. The van der Waals surface area contributed by atoms with Gasteiger partial charge < -0.3 is 15.0 Å². The molecule has 1 N–H and O–H groups in total. The first-order valence-electron chi connectivity index (χ1n) is 8.78. The Labute approximate surface area is 149 Å². The Morgan fingerprint density at radius 2 is 2.24 bits per heavy atom. The fraction of sp³-hybridized carbons (Fsp3) is 0.400. The molecule has 2 heterocycles. The predicted octanol–water partition coefficient (Wildman–Crippen LogP) is 2.76. The van der Waals surface area contributed by atoms with E-state index in [1.54, 1.807) is 6.20 Å². The molecule has 1 amide bonds. The van der Waals surface area contributed by atoms with Crippen molar-refractivity contribution in [2.75, 3.05) is 26.2 Å². The number of ether oxygens (including phenoxy) is 1. The van der Waals surface area contributed by atoms with Gasteiger partial charge in [0.1, 0.15) is 5.75 Å². The Hall–Kier alpha value is -2.40. The van der Waals surface area contributed by atoms with Gasteiger partial charge >= 0.3 is 0 Å². The Morgan fingerprint density at radius 1 is 1.36 bits per heavy atom. The monoisotopic (exact) mass is 339 g/mol. The fourth-order valence-corrected chi connectivity index (χ4v) is 3.07. The summed E-state index contributed by atoms with van der Waals surface area (Å²) in [4.78, 5) is 18.8. The van der Waals surface area contributed by atoms with Crippen LogP contribution in [0.5, 0.6) is 5.75 Å². The average Bonchev–Trinajstić information content (AvgIpc) is 2.67. The van der Waals surface area contributed by atoms with E-state index in [9.17, 15) is 4.79 Å². The third kappa shape index (κ3) is 4.37. The number of amides is 1. The molecule has 2 aromatic rings. The van der Waals surface area contributed by atoms with Crippen molar-refractivity contribution in [1.29, 1.82) is 0 Å². The van der Waals surface area contributed by atoms with Crippen LogP contribution in [0.15, 0.2) is 48.8 Å². The second kappa shape index (κ2) is 8.12. The van der Waals surface area contributed by atoms with Gasteiger partial charge in [-0.3, -0.25) is 9.78 Å². The molecule has 132 valence electrons. The summed E-state index contributed by atoms with van der Waals surface area (Å²) in [6.07, 6.45) is 3.57. The van der Waals surface area contributed by atoms with Crippen LogP contribution in [0.3, 0.4) is 0 Å². The lowest BCUT2D eigenvalue weighted by molar-refractivity contribution is -0.136. The van der Waals surface area contributed by atoms with Gasteiger partial charge in [0.2, 0.25) is 0 Å². The van der Waals surface area contributed by atoms with Gasteiger partial charge in [-0.1, -0.05) is 32.0 Å². The maximum absolute atomic E-state index is 12.7. The molecule has 1 aliphatic heterocycles. The lowest BCUT2D eigenvalue weighted by Gasteiger charge is -2.36. The molecule has 5 nitrogen and oxygen atoms in total. The number of hydrogen-bond acceptors (Lipinski definition) is 4. The van der Waals surface area contributed by atoms with Crippen molar-refractivity contribution < 1.29 is 9.53 Å². The fourth-order valence-electron chi connectivity index (χ4n) is 3.07. The third-order valence-electron chi connectivity index (χ3n) is 4.52. The molecule has 1 atom stereocenters. The number of pyridine rings is 1. The Bertz CT molecular complexity index is 703. The summed E-state index contributed by atoms with van der Waals surface area (Å²) in [5.74, 6) is 1.18. The number of piperazine rings is 1. The molecule has 0 saturated carbocycles. The maximum Gasteiger partial charge on any atom is 0.261 e. The maximum atomic E-state index is 12.7. The van der Waals surface area contributed by atoms with E-state index in [0.717, 1.165) is 24.4 Å². The van der Waals surface area contributed by atoms with Gasteiger partial charge in [-0.2, -0.15) is 0 Å². The zero-order valence-corrected chi connectivity index (χ0v) is 14.8. The Morgan fingerprint density at radius 3 is 3.00 bits per heavy atom. The first kappa shape index (κ1) is 17.4. The number of nitrogens with zero attached hydrogens (tertiary/aromatic N) is 2. The van der Waals surface area contributed by atoms with Gasteiger partial charge in [-0.05, 0) is 35.2 Å². The number of benzene rings is 1. The second-order valence-electron chi connectivity index (χ2n) is 6.61. The normalized spacial score (nSPS) is 17.6. The molecule has 3 rings (SSSR count). The second-order valence-corrected chi connectivity index (χ2v) is 6.61. The van der Waals surface area contributed by atoms with Crippen molar-refractivity contribution in [3.63, 3.8) is 0 Å². The summed E-state index contributed by atoms with van der Waals surface area (Å²) in [6, 6.07) is 11.9. The molecule has 0 spiro atoms. The molecule has 0 aliphatic carbocycles. The van der Waals surface area contributed by atoms with Gasteiger partial charge in [0.25, 0.3) is 5.91 Å². The van der Waals surface area contributed by atoms with Crippen molar-refractivity contribution in [3.8, 4) is 5.75 Å². The lowest BCUT2D eigenvalue weighted by Crippen LogP contribution is -2.50. The minimum absolute atomic E-state index is 0.000508. The van der Waals surface area contributed by atoms with E-state index in [0.29, 0.717) is 12.5 Å².